The van der Waals surface area contributed by atoms with E-state index >= 15 is 0 Å². The standard InChI is InChI=1S/C18H16N2O4/c1-12-3-2-4-13(9-12)5-8-17(21)19-20-18(22)14-6-7-15-16(10-14)24-11-23-15/h2-10H,11H2,1H3,(H,19,21)(H,20,22)/b8-5+. The second-order valence-electron chi connectivity index (χ2n) is 5.26. The van der Waals surface area contributed by atoms with Gasteiger partial charge in [-0.05, 0) is 36.8 Å². The van der Waals surface area contributed by atoms with E-state index in [0.29, 0.717) is 17.1 Å². The molecule has 0 unspecified atom stereocenters. The van der Waals surface area contributed by atoms with E-state index < -0.39 is 11.8 Å². The van der Waals surface area contributed by atoms with Crippen LogP contribution in [0.15, 0.2) is 48.5 Å². The lowest BCUT2D eigenvalue weighted by molar-refractivity contribution is -0.117. The second-order valence-corrected chi connectivity index (χ2v) is 5.26. The lowest BCUT2D eigenvalue weighted by Crippen LogP contribution is -2.40. The average molecular weight is 324 g/mol. The number of hydrazine groups is 1. The van der Waals surface area contributed by atoms with E-state index in [2.05, 4.69) is 10.9 Å². The first-order chi connectivity index (χ1) is 11.6. The number of nitrogens with one attached hydrogen (secondary N) is 2. The Bertz CT molecular complexity index is 814. The van der Waals surface area contributed by atoms with Crippen LogP contribution in [0.2, 0.25) is 0 Å². The molecule has 0 saturated carbocycles. The largest absolute Gasteiger partial charge is 0.454 e. The van der Waals surface area contributed by atoms with Crippen molar-refractivity contribution in [1.29, 1.82) is 0 Å². The summed E-state index contributed by atoms with van der Waals surface area (Å²) in [7, 11) is 0. The number of amides is 2. The number of benzene rings is 2. The fraction of sp³-hybridized carbons (Fsp3) is 0.111. The van der Waals surface area contributed by atoms with Crippen molar-refractivity contribution >= 4 is 17.9 Å². The minimum atomic E-state index is -0.439. The van der Waals surface area contributed by atoms with Gasteiger partial charge in [-0.3, -0.25) is 20.4 Å². The molecule has 0 radical (unpaired) electrons. The summed E-state index contributed by atoms with van der Waals surface area (Å²) < 4.78 is 10.4. The van der Waals surface area contributed by atoms with Gasteiger partial charge >= 0.3 is 0 Å². The highest BCUT2D eigenvalue weighted by Crippen LogP contribution is 2.32. The molecule has 1 heterocycles. The van der Waals surface area contributed by atoms with Crippen LogP contribution in [-0.4, -0.2) is 18.6 Å². The Morgan fingerprint density at radius 1 is 1.04 bits per heavy atom. The number of hydrogen-bond acceptors (Lipinski definition) is 4. The zero-order valence-corrected chi connectivity index (χ0v) is 13.0. The Labute approximate surface area is 139 Å². The number of carbonyl (C=O) groups is 2. The number of fused-ring (bicyclic) bond motifs is 1. The summed E-state index contributed by atoms with van der Waals surface area (Å²) in [6.07, 6.45) is 3.03. The number of aryl methyl sites for hydroxylation is 1. The summed E-state index contributed by atoms with van der Waals surface area (Å²) in [5.41, 5.74) is 7.07. The molecule has 2 aromatic carbocycles. The summed E-state index contributed by atoms with van der Waals surface area (Å²) in [5, 5.41) is 0. The summed E-state index contributed by atoms with van der Waals surface area (Å²) in [5.74, 6) is 0.237. The van der Waals surface area contributed by atoms with Crippen LogP contribution in [0.5, 0.6) is 11.5 Å². The SMILES string of the molecule is Cc1cccc(/C=C/C(=O)NNC(=O)c2ccc3c(c2)OCO3)c1. The van der Waals surface area contributed by atoms with Gasteiger partial charge < -0.3 is 9.47 Å². The number of ether oxygens (including phenoxy) is 2. The zero-order valence-electron chi connectivity index (χ0n) is 13.0. The van der Waals surface area contributed by atoms with E-state index in [1.165, 1.54) is 6.08 Å². The minimum Gasteiger partial charge on any atom is -0.454 e. The maximum atomic E-state index is 12.0. The van der Waals surface area contributed by atoms with Crippen LogP contribution in [0.25, 0.3) is 6.08 Å². The van der Waals surface area contributed by atoms with Gasteiger partial charge in [0.2, 0.25) is 6.79 Å². The van der Waals surface area contributed by atoms with Crippen LogP contribution in [0, 0.1) is 6.92 Å². The maximum Gasteiger partial charge on any atom is 0.269 e. The van der Waals surface area contributed by atoms with Crippen molar-refractivity contribution in [3.8, 4) is 11.5 Å². The number of carbonyl (C=O) groups excluding carboxylic acids is 2. The fourth-order valence-corrected chi connectivity index (χ4v) is 2.22. The predicted molar refractivity (Wildman–Crippen MR) is 88.4 cm³/mol. The van der Waals surface area contributed by atoms with Crippen molar-refractivity contribution in [3.05, 3.63) is 65.2 Å². The van der Waals surface area contributed by atoms with Gasteiger partial charge in [-0.25, -0.2) is 0 Å². The van der Waals surface area contributed by atoms with Crippen molar-refractivity contribution < 1.29 is 19.1 Å². The Morgan fingerprint density at radius 3 is 2.71 bits per heavy atom. The monoisotopic (exact) mass is 324 g/mol. The molecule has 0 atom stereocenters. The van der Waals surface area contributed by atoms with Crippen LogP contribution in [0.1, 0.15) is 21.5 Å². The molecule has 122 valence electrons. The summed E-state index contributed by atoms with van der Waals surface area (Å²) in [6, 6.07) is 12.5. The van der Waals surface area contributed by atoms with Gasteiger partial charge in [-0.15, -0.1) is 0 Å². The molecular weight excluding hydrogens is 308 g/mol. The summed E-state index contributed by atoms with van der Waals surface area (Å²) >= 11 is 0. The lowest BCUT2D eigenvalue weighted by atomic mass is 10.1. The van der Waals surface area contributed by atoms with Crippen molar-refractivity contribution in [2.45, 2.75) is 6.92 Å². The quantitative estimate of drug-likeness (QED) is 0.670. The van der Waals surface area contributed by atoms with E-state index in [-0.39, 0.29) is 6.79 Å². The maximum absolute atomic E-state index is 12.0. The molecule has 0 bridgehead atoms. The molecule has 2 amide bonds. The van der Waals surface area contributed by atoms with Crippen molar-refractivity contribution in [1.82, 2.24) is 10.9 Å². The lowest BCUT2D eigenvalue weighted by Gasteiger charge is -2.06. The molecule has 6 nitrogen and oxygen atoms in total. The van der Waals surface area contributed by atoms with Gasteiger partial charge in [0.15, 0.2) is 11.5 Å². The fourth-order valence-electron chi connectivity index (χ4n) is 2.22. The first kappa shape index (κ1) is 15.6. The van der Waals surface area contributed by atoms with E-state index in [0.717, 1.165) is 11.1 Å². The van der Waals surface area contributed by atoms with E-state index in [4.69, 9.17) is 9.47 Å². The van der Waals surface area contributed by atoms with Crippen LogP contribution in [0.3, 0.4) is 0 Å². The van der Waals surface area contributed by atoms with Gasteiger partial charge in [0.05, 0.1) is 0 Å². The predicted octanol–water partition coefficient (Wildman–Crippen LogP) is 2.20. The molecule has 0 aliphatic carbocycles. The third-order valence-electron chi connectivity index (χ3n) is 3.40. The highest BCUT2D eigenvalue weighted by atomic mass is 16.7. The van der Waals surface area contributed by atoms with Crippen LogP contribution >= 0.6 is 0 Å². The highest BCUT2D eigenvalue weighted by molar-refractivity contribution is 5.98. The molecule has 24 heavy (non-hydrogen) atoms. The molecule has 1 aliphatic rings. The van der Waals surface area contributed by atoms with Gasteiger partial charge in [0.1, 0.15) is 0 Å². The Morgan fingerprint density at radius 2 is 1.88 bits per heavy atom. The molecule has 0 aromatic heterocycles. The first-order valence-electron chi connectivity index (χ1n) is 7.36. The van der Waals surface area contributed by atoms with Crippen molar-refractivity contribution in [2.24, 2.45) is 0 Å². The second kappa shape index (κ2) is 6.87. The summed E-state index contributed by atoms with van der Waals surface area (Å²) in [6.45, 7) is 2.11. The molecule has 2 aromatic rings. The third kappa shape index (κ3) is 3.73. The number of hydrogen-bond donors (Lipinski definition) is 2. The normalized spacial score (nSPS) is 12.2. The van der Waals surface area contributed by atoms with Gasteiger partial charge in [-0.1, -0.05) is 29.8 Å². The van der Waals surface area contributed by atoms with Crippen molar-refractivity contribution in [3.63, 3.8) is 0 Å². The van der Waals surface area contributed by atoms with E-state index in [1.54, 1.807) is 24.3 Å². The smallest absolute Gasteiger partial charge is 0.269 e. The minimum absolute atomic E-state index is 0.140. The third-order valence-corrected chi connectivity index (χ3v) is 3.40. The van der Waals surface area contributed by atoms with Gasteiger partial charge in [0, 0.05) is 11.6 Å². The molecule has 2 N–H and O–H groups in total. The zero-order chi connectivity index (χ0) is 16.9. The molecule has 6 heteroatoms. The first-order valence-corrected chi connectivity index (χ1v) is 7.36. The van der Waals surface area contributed by atoms with Gasteiger partial charge in [0.25, 0.3) is 11.8 Å². The van der Waals surface area contributed by atoms with Crippen LogP contribution in [0.4, 0.5) is 0 Å². The number of rotatable bonds is 3. The van der Waals surface area contributed by atoms with Crippen molar-refractivity contribution in [2.75, 3.05) is 6.79 Å². The molecule has 0 spiro atoms. The summed E-state index contributed by atoms with van der Waals surface area (Å²) in [4.78, 5) is 23.8. The molecule has 3 rings (SSSR count). The van der Waals surface area contributed by atoms with E-state index in [9.17, 15) is 9.59 Å². The Kier molecular flexibility index (Phi) is 4.47. The van der Waals surface area contributed by atoms with E-state index in [1.807, 2.05) is 31.2 Å². The molecule has 0 saturated heterocycles. The Hall–Kier alpha value is -3.28. The van der Waals surface area contributed by atoms with Crippen LogP contribution in [-0.2, 0) is 4.79 Å². The Balaban J connectivity index is 1.55. The molecule has 1 aliphatic heterocycles. The van der Waals surface area contributed by atoms with Gasteiger partial charge in [-0.2, -0.15) is 0 Å². The highest BCUT2D eigenvalue weighted by Gasteiger charge is 2.16. The molecular formula is C18H16N2O4. The van der Waals surface area contributed by atoms with Crippen LogP contribution < -0.4 is 20.3 Å². The topological polar surface area (TPSA) is 76.7 Å². The average Bonchev–Trinajstić information content (AvgIpc) is 3.05. The molecule has 0 fully saturated rings.